The molecule has 21 heavy (non-hydrogen) atoms. The molecular formula is C15H17IN2O3. The highest BCUT2D eigenvalue weighted by Crippen LogP contribution is 2.57. The van der Waals surface area contributed by atoms with Gasteiger partial charge in [0.15, 0.2) is 5.78 Å². The molecule has 3 unspecified atom stereocenters. The maximum atomic E-state index is 13.1. The van der Waals surface area contributed by atoms with Gasteiger partial charge >= 0.3 is 0 Å². The average Bonchev–Trinajstić information content (AvgIpc) is 2.84. The molecule has 2 bridgehead atoms. The lowest BCUT2D eigenvalue weighted by atomic mass is 9.53. The number of carbonyl (C=O) groups is 3. The smallest absolute Gasteiger partial charge is 0.253 e. The van der Waals surface area contributed by atoms with E-state index in [-0.39, 0.29) is 23.5 Å². The van der Waals surface area contributed by atoms with Crippen LogP contribution in [0.3, 0.4) is 0 Å². The minimum absolute atomic E-state index is 0.0226. The lowest BCUT2D eigenvalue weighted by Gasteiger charge is -2.62. The molecule has 0 aromatic carbocycles. The largest absolute Gasteiger partial charge is 0.336 e. The molecule has 0 aromatic rings. The number of piperidine rings is 2. The third kappa shape index (κ3) is 1.31. The zero-order chi connectivity index (χ0) is 15.2. The van der Waals surface area contributed by atoms with Crippen molar-refractivity contribution in [1.82, 2.24) is 10.2 Å². The third-order valence-electron chi connectivity index (χ3n) is 5.95. The lowest BCUT2D eigenvalue weighted by molar-refractivity contribution is -0.178. The summed E-state index contributed by atoms with van der Waals surface area (Å²) in [6.07, 6.45) is 3.87. The van der Waals surface area contributed by atoms with Crippen LogP contribution >= 0.6 is 22.6 Å². The van der Waals surface area contributed by atoms with Crippen molar-refractivity contribution in [1.29, 1.82) is 0 Å². The van der Waals surface area contributed by atoms with Crippen molar-refractivity contribution in [2.75, 3.05) is 6.54 Å². The third-order valence-corrected chi connectivity index (χ3v) is 6.75. The van der Waals surface area contributed by atoms with Crippen molar-refractivity contribution < 1.29 is 14.4 Å². The first-order valence-corrected chi connectivity index (χ1v) is 8.41. The number of allylic oxidation sites excluding steroid dienone is 1. The van der Waals surface area contributed by atoms with Gasteiger partial charge in [-0.25, -0.2) is 0 Å². The Hall–Kier alpha value is -0.920. The van der Waals surface area contributed by atoms with Gasteiger partial charge in [-0.05, 0) is 47.9 Å². The van der Waals surface area contributed by atoms with E-state index >= 15 is 0 Å². The molecule has 5 rings (SSSR count). The summed E-state index contributed by atoms with van der Waals surface area (Å²) in [7, 11) is 0. The van der Waals surface area contributed by atoms with E-state index in [9.17, 15) is 14.4 Å². The fourth-order valence-corrected chi connectivity index (χ4v) is 5.97. The fraction of sp³-hybridized carbons (Fsp3) is 0.667. The highest BCUT2D eigenvalue weighted by atomic mass is 127. The number of fused-ring (bicyclic) bond motifs is 1. The number of amides is 2. The van der Waals surface area contributed by atoms with Crippen LogP contribution in [-0.4, -0.2) is 40.1 Å². The van der Waals surface area contributed by atoms with E-state index in [0.29, 0.717) is 23.0 Å². The minimum atomic E-state index is -1.02. The topological polar surface area (TPSA) is 66.5 Å². The summed E-state index contributed by atoms with van der Waals surface area (Å²) in [4.78, 5) is 40.0. The predicted molar refractivity (Wildman–Crippen MR) is 83.5 cm³/mol. The van der Waals surface area contributed by atoms with Gasteiger partial charge in [-0.15, -0.1) is 0 Å². The molecule has 4 heterocycles. The van der Waals surface area contributed by atoms with Gasteiger partial charge in [0.05, 0.1) is 3.58 Å². The Morgan fingerprint density at radius 2 is 2.05 bits per heavy atom. The van der Waals surface area contributed by atoms with E-state index in [1.807, 2.05) is 36.4 Å². The van der Waals surface area contributed by atoms with Crippen LogP contribution in [0.15, 0.2) is 9.66 Å². The number of hydrogen-bond donors (Lipinski definition) is 1. The second kappa shape index (κ2) is 3.70. The summed E-state index contributed by atoms with van der Waals surface area (Å²) in [5.74, 6) is -0.142. The number of hydrogen-bond acceptors (Lipinski definition) is 3. The zero-order valence-corrected chi connectivity index (χ0v) is 14.2. The van der Waals surface area contributed by atoms with Crippen LogP contribution in [-0.2, 0) is 14.4 Å². The van der Waals surface area contributed by atoms with Crippen LogP contribution in [0.1, 0.15) is 33.1 Å². The molecule has 0 aromatic heterocycles. The molecule has 5 aliphatic rings. The van der Waals surface area contributed by atoms with E-state index in [0.717, 1.165) is 6.42 Å². The Morgan fingerprint density at radius 3 is 2.76 bits per heavy atom. The number of ketones is 1. The van der Waals surface area contributed by atoms with Crippen molar-refractivity contribution >= 4 is 40.2 Å². The monoisotopic (exact) mass is 400 g/mol. The van der Waals surface area contributed by atoms with Crippen molar-refractivity contribution in [3.05, 3.63) is 9.66 Å². The van der Waals surface area contributed by atoms with Crippen LogP contribution in [0.5, 0.6) is 0 Å². The van der Waals surface area contributed by atoms with Gasteiger partial charge in [-0.2, -0.15) is 0 Å². The highest BCUT2D eigenvalue weighted by Gasteiger charge is 2.72. The molecule has 0 saturated carbocycles. The summed E-state index contributed by atoms with van der Waals surface area (Å²) in [6.45, 7) is 4.46. The number of nitrogens with zero attached hydrogens (tertiary/aromatic N) is 1. The molecule has 0 radical (unpaired) electrons. The second-order valence-electron chi connectivity index (χ2n) is 7.21. The van der Waals surface area contributed by atoms with Gasteiger partial charge in [0.25, 0.3) is 5.91 Å². The van der Waals surface area contributed by atoms with Crippen LogP contribution in [0.25, 0.3) is 0 Å². The molecular weight excluding hydrogens is 383 g/mol. The summed E-state index contributed by atoms with van der Waals surface area (Å²) in [5, 5.41) is 2.99. The fourth-order valence-electron chi connectivity index (χ4n) is 4.79. The first-order valence-electron chi connectivity index (χ1n) is 7.33. The minimum Gasteiger partial charge on any atom is -0.336 e. The van der Waals surface area contributed by atoms with Gasteiger partial charge in [0, 0.05) is 17.9 Å². The lowest BCUT2D eigenvalue weighted by Crippen LogP contribution is -2.83. The van der Waals surface area contributed by atoms with Gasteiger partial charge < -0.3 is 10.2 Å². The quantitative estimate of drug-likeness (QED) is 0.621. The molecule has 1 N–H and O–H groups in total. The summed E-state index contributed by atoms with van der Waals surface area (Å²) < 4.78 is 0.552. The van der Waals surface area contributed by atoms with E-state index in [2.05, 4.69) is 5.32 Å². The second-order valence-corrected chi connectivity index (χ2v) is 8.38. The van der Waals surface area contributed by atoms with E-state index < -0.39 is 16.5 Å². The highest BCUT2D eigenvalue weighted by molar-refractivity contribution is 14.1. The number of piperazine rings is 1. The standard InChI is InChI=1S/C15H17IN2O3/c1-13(2)9-7-14-4-3-5-18(14)12(21)15(9,17-11(14)20)6-8(16)10(13)19/h6,9H,3-5,7H2,1-2H3,(H,17,20). The Labute approximate surface area is 136 Å². The van der Waals surface area contributed by atoms with Crippen molar-refractivity contribution in [3.8, 4) is 0 Å². The van der Waals surface area contributed by atoms with Crippen LogP contribution in [0.2, 0.25) is 0 Å². The van der Waals surface area contributed by atoms with Crippen LogP contribution in [0.4, 0.5) is 0 Å². The van der Waals surface area contributed by atoms with Crippen molar-refractivity contribution in [3.63, 3.8) is 0 Å². The SMILES string of the molecule is CC1(C)C(=O)C(I)=CC23NC(=O)C4(CCCN4C2=O)CC13. The van der Waals surface area contributed by atoms with Crippen molar-refractivity contribution in [2.45, 2.75) is 44.2 Å². The van der Waals surface area contributed by atoms with E-state index in [4.69, 9.17) is 0 Å². The molecule has 1 aliphatic carbocycles. The van der Waals surface area contributed by atoms with Crippen molar-refractivity contribution in [2.24, 2.45) is 11.3 Å². The first kappa shape index (κ1) is 13.7. The summed E-state index contributed by atoms with van der Waals surface area (Å²) >= 11 is 1.99. The van der Waals surface area contributed by atoms with Gasteiger partial charge in [0.1, 0.15) is 11.1 Å². The number of rotatable bonds is 0. The summed E-state index contributed by atoms with van der Waals surface area (Å²) in [5.41, 5.74) is -2.36. The molecule has 4 aliphatic heterocycles. The Kier molecular flexibility index (Phi) is 2.42. The normalized spacial score (nSPS) is 43.4. The van der Waals surface area contributed by atoms with Crippen LogP contribution < -0.4 is 5.32 Å². The number of halogens is 1. The molecule has 4 fully saturated rings. The molecule has 4 saturated heterocycles. The maximum Gasteiger partial charge on any atom is 0.253 e. The van der Waals surface area contributed by atoms with Gasteiger partial charge in [0.2, 0.25) is 5.91 Å². The van der Waals surface area contributed by atoms with E-state index in [1.54, 1.807) is 11.0 Å². The first-order chi connectivity index (χ1) is 9.76. The Bertz CT molecular complexity index is 641. The number of Topliss-reactive ketones (excluding diaryl/α,β-unsaturated/α-hetero) is 1. The molecule has 112 valence electrons. The number of carbonyl (C=O) groups excluding carboxylic acids is 3. The Morgan fingerprint density at radius 1 is 1.33 bits per heavy atom. The maximum absolute atomic E-state index is 13.1. The molecule has 2 amide bonds. The molecule has 3 atom stereocenters. The zero-order valence-electron chi connectivity index (χ0n) is 12.0. The number of nitrogens with one attached hydrogen (secondary N) is 1. The Balaban J connectivity index is 1.98. The van der Waals surface area contributed by atoms with Gasteiger partial charge in [-0.1, -0.05) is 13.8 Å². The molecule has 5 nitrogen and oxygen atoms in total. The predicted octanol–water partition coefficient (Wildman–Crippen LogP) is 1.16. The van der Waals surface area contributed by atoms with Gasteiger partial charge in [-0.3, -0.25) is 14.4 Å². The van der Waals surface area contributed by atoms with Crippen LogP contribution in [0, 0.1) is 11.3 Å². The molecule has 6 heteroatoms. The molecule has 2 spiro atoms. The summed E-state index contributed by atoms with van der Waals surface area (Å²) in [6, 6.07) is 0. The average molecular weight is 400 g/mol. The van der Waals surface area contributed by atoms with E-state index in [1.165, 1.54) is 0 Å².